The van der Waals surface area contributed by atoms with E-state index in [2.05, 4.69) is 118 Å². The maximum Gasteiger partial charge on any atom is 0.306 e. The van der Waals surface area contributed by atoms with Gasteiger partial charge in [-0.3, -0.25) is 14.4 Å². The van der Waals surface area contributed by atoms with Crippen LogP contribution in [0.3, 0.4) is 0 Å². The van der Waals surface area contributed by atoms with Crippen molar-refractivity contribution >= 4 is 17.9 Å². The summed E-state index contributed by atoms with van der Waals surface area (Å²) >= 11 is 0. The normalized spacial score (nSPS) is 12.7. The molecule has 0 heterocycles. The maximum absolute atomic E-state index is 12.9. The molecule has 0 amide bonds. The summed E-state index contributed by atoms with van der Waals surface area (Å²) < 4.78 is 16.8. The van der Waals surface area contributed by atoms with Crippen molar-refractivity contribution in [2.75, 3.05) is 13.2 Å². The first-order valence-corrected chi connectivity index (χ1v) is 31.7. The predicted octanol–water partition coefficient (Wildman–Crippen LogP) is 21.7. The maximum atomic E-state index is 12.9. The Kier molecular flexibility index (Phi) is 59.8. The first-order chi connectivity index (χ1) is 37.0. The van der Waals surface area contributed by atoms with Crippen molar-refractivity contribution in [3.8, 4) is 0 Å². The van der Waals surface area contributed by atoms with Crippen molar-refractivity contribution in [1.82, 2.24) is 0 Å². The van der Waals surface area contributed by atoms with Crippen molar-refractivity contribution in [2.45, 2.75) is 309 Å². The van der Waals surface area contributed by atoms with Crippen LogP contribution < -0.4 is 0 Å². The number of hydrogen-bond acceptors (Lipinski definition) is 6. The van der Waals surface area contributed by atoms with Gasteiger partial charge in [0.1, 0.15) is 13.2 Å². The molecule has 0 spiro atoms. The predicted molar refractivity (Wildman–Crippen MR) is 325 cm³/mol. The molecule has 0 saturated carbocycles. The van der Waals surface area contributed by atoms with Crippen LogP contribution in [0.25, 0.3) is 0 Å². The van der Waals surface area contributed by atoms with Gasteiger partial charge in [-0.05, 0) is 96.3 Å². The number of allylic oxidation sites excluding steroid dienone is 16. The summed E-state index contributed by atoms with van der Waals surface area (Å²) in [5, 5.41) is 0. The van der Waals surface area contributed by atoms with E-state index in [4.69, 9.17) is 14.2 Å². The van der Waals surface area contributed by atoms with Crippen LogP contribution in [0.1, 0.15) is 303 Å². The Morgan fingerprint density at radius 1 is 0.280 bits per heavy atom. The van der Waals surface area contributed by atoms with Crippen LogP contribution in [-0.2, 0) is 28.6 Å². The molecule has 0 aromatic rings. The molecule has 75 heavy (non-hydrogen) atoms. The molecule has 6 nitrogen and oxygen atoms in total. The van der Waals surface area contributed by atoms with Crippen molar-refractivity contribution in [3.63, 3.8) is 0 Å². The molecule has 0 aliphatic rings. The fourth-order valence-corrected chi connectivity index (χ4v) is 8.90. The van der Waals surface area contributed by atoms with Gasteiger partial charge in [0.2, 0.25) is 0 Å². The van der Waals surface area contributed by atoms with Crippen LogP contribution in [0.4, 0.5) is 0 Å². The highest BCUT2D eigenvalue weighted by Gasteiger charge is 2.19. The molecule has 0 rings (SSSR count). The Hall–Kier alpha value is -3.67. The van der Waals surface area contributed by atoms with Crippen LogP contribution in [0, 0.1) is 0 Å². The summed E-state index contributed by atoms with van der Waals surface area (Å²) in [7, 11) is 0. The molecule has 0 aliphatic heterocycles. The highest BCUT2D eigenvalue weighted by atomic mass is 16.6. The van der Waals surface area contributed by atoms with Crippen molar-refractivity contribution in [3.05, 3.63) is 97.2 Å². The van der Waals surface area contributed by atoms with Gasteiger partial charge in [0.15, 0.2) is 6.10 Å². The lowest BCUT2D eigenvalue weighted by atomic mass is 10.0. The van der Waals surface area contributed by atoms with Crippen LogP contribution in [0.15, 0.2) is 97.2 Å². The highest BCUT2D eigenvalue weighted by molar-refractivity contribution is 5.71. The van der Waals surface area contributed by atoms with Gasteiger partial charge >= 0.3 is 17.9 Å². The summed E-state index contributed by atoms with van der Waals surface area (Å²) in [6.45, 7) is 6.39. The van der Waals surface area contributed by atoms with Gasteiger partial charge in [0, 0.05) is 19.3 Å². The zero-order valence-electron chi connectivity index (χ0n) is 49.3. The first kappa shape index (κ1) is 71.3. The molecule has 1 unspecified atom stereocenters. The third-order valence-corrected chi connectivity index (χ3v) is 13.6. The van der Waals surface area contributed by atoms with Crippen molar-refractivity contribution < 1.29 is 28.6 Å². The molecular formula is C69H118O6. The third kappa shape index (κ3) is 61.1. The number of rotatable bonds is 57. The molecule has 0 fully saturated rings. The highest BCUT2D eigenvalue weighted by Crippen LogP contribution is 2.16. The minimum Gasteiger partial charge on any atom is -0.462 e. The molecule has 0 N–H and O–H groups in total. The van der Waals surface area contributed by atoms with Crippen molar-refractivity contribution in [2.24, 2.45) is 0 Å². The third-order valence-electron chi connectivity index (χ3n) is 13.6. The molecule has 6 heteroatoms. The first-order valence-electron chi connectivity index (χ1n) is 31.7. The summed E-state index contributed by atoms with van der Waals surface area (Å²) in [4.78, 5) is 38.1. The topological polar surface area (TPSA) is 78.9 Å². The number of esters is 3. The molecule has 0 aromatic heterocycles. The van der Waals surface area contributed by atoms with E-state index in [0.717, 1.165) is 109 Å². The summed E-state index contributed by atoms with van der Waals surface area (Å²) in [5.74, 6) is -0.878. The van der Waals surface area contributed by atoms with Gasteiger partial charge in [-0.15, -0.1) is 0 Å². The van der Waals surface area contributed by atoms with Crippen LogP contribution in [0.2, 0.25) is 0 Å². The van der Waals surface area contributed by atoms with Crippen LogP contribution >= 0.6 is 0 Å². The second kappa shape index (κ2) is 62.9. The minimum atomic E-state index is -0.777. The van der Waals surface area contributed by atoms with Crippen LogP contribution in [0.5, 0.6) is 0 Å². The standard InChI is InChI=1S/C69H118O6/c1-4-7-10-13-16-18-20-22-24-26-28-30-32-34-36-38-40-42-44-46-48-50-53-56-59-62-68(71)74-65-66(64-73-67(70)61-58-55-52-15-12-9-6-3)75-69(72)63-60-57-54-51-49-47-45-43-41-39-37-35-33-31-29-27-25-23-21-19-17-14-11-8-5-2/h7-8,10-11,16-19,22-25,28-31,66H,4-6,9,12-15,20-21,26-27,32-65H2,1-3H3/b10-7-,11-8-,18-16-,19-17-,24-22-,25-23-,30-28-,31-29-. The lowest BCUT2D eigenvalue weighted by molar-refractivity contribution is -0.167. The summed E-state index contributed by atoms with van der Waals surface area (Å²) in [5.41, 5.74) is 0. The van der Waals surface area contributed by atoms with Gasteiger partial charge in [0.05, 0.1) is 0 Å². The lowest BCUT2D eigenvalue weighted by Gasteiger charge is -2.18. The van der Waals surface area contributed by atoms with E-state index in [1.807, 2.05) is 0 Å². The lowest BCUT2D eigenvalue weighted by Crippen LogP contribution is -2.30. The Bertz CT molecular complexity index is 1480. The molecular weight excluding hydrogens is 925 g/mol. The van der Waals surface area contributed by atoms with Gasteiger partial charge in [-0.25, -0.2) is 0 Å². The smallest absolute Gasteiger partial charge is 0.306 e. The molecule has 0 saturated heterocycles. The molecule has 430 valence electrons. The average Bonchev–Trinajstić information content (AvgIpc) is 3.41. The molecule has 0 aromatic carbocycles. The van der Waals surface area contributed by atoms with E-state index in [1.54, 1.807) is 0 Å². The van der Waals surface area contributed by atoms with E-state index < -0.39 is 6.10 Å². The van der Waals surface area contributed by atoms with Gasteiger partial charge in [0.25, 0.3) is 0 Å². The zero-order valence-corrected chi connectivity index (χ0v) is 49.3. The molecule has 0 radical (unpaired) electrons. The Morgan fingerprint density at radius 2 is 0.520 bits per heavy atom. The molecule has 1 atom stereocenters. The Labute approximate surface area is 464 Å². The van der Waals surface area contributed by atoms with E-state index >= 15 is 0 Å². The fourth-order valence-electron chi connectivity index (χ4n) is 8.90. The number of unbranched alkanes of at least 4 members (excludes halogenated alkanes) is 30. The SMILES string of the molecule is CC/C=C\C/C=C\C/C=C\C/C=C\CCCCCCCCCCCCCCC(=O)OCC(COC(=O)CCCCCCCCC)OC(=O)CCCCCCCCCCCCCC/C=C\C/C=C\C/C=C\C/C=C\CC. The Balaban J connectivity index is 4.13. The van der Waals surface area contributed by atoms with Gasteiger partial charge in [-0.2, -0.15) is 0 Å². The quantitative estimate of drug-likeness (QED) is 0.0261. The number of carbonyl (C=O) groups excluding carboxylic acids is 3. The number of carbonyl (C=O) groups is 3. The van der Waals surface area contributed by atoms with E-state index in [1.165, 1.54) is 154 Å². The monoisotopic (exact) mass is 1040 g/mol. The second-order valence-electron chi connectivity index (χ2n) is 20.9. The summed E-state index contributed by atoms with van der Waals surface area (Å²) in [6, 6.07) is 0. The molecule has 0 bridgehead atoms. The number of ether oxygens (including phenoxy) is 3. The average molecular weight is 1040 g/mol. The van der Waals surface area contributed by atoms with E-state index in [-0.39, 0.29) is 31.1 Å². The molecule has 0 aliphatic carbocycles. The minimum absolute atomic E-state index is 0.0763. The van der Waals surface area contributed by atoms with Crippen molar-refractivity contribution in [1.29, 1.82) is 0 Å². The Morgan fingerprint density at radius 3 is 0.813 bits per heavy atom. The van der Waals surface area contributed by atoms with E-state index in [0.29, 0.717) is 19.3 Å². The summed E-state index contributed by atoms with van der Waals surface area (Å²) in [6.07, 6.45) is 84.4. The van der Waals surface area contributed by atoms with Gasteiger partial charge in [-0.1, -0.05) is 285 Å². The van der Waals surface area contributed by atoms with Crippen LogP contribution in [-0.4, -0.2) is 37.2 Å². The fraction of sp³-hybridized carbons (Fsp3) is 0.725. The van der Waals surface area contributed by atoms with E-state index in [9.17, 15) is 14.4 Å². The number of hydrogen-bond donors (Lipinski definition) is 0. The van der Waals surface area contributed by atoms with Gasteiger partial charge < -0.3 is 14.2 Å². The second-order valence-corrected chi connectivity index (χ2v) is 20.9. The zero-order chi connectivity index (χ0) is 54.3. The largest absolute Gasteiger partial charge is 0.462 e.